The van der Waals surface area contributed by atoms with E-state index in [1.165, 1.54) is 12.5 Å². The number of alkyl halides is 6. The van der Waals surface area contributed by atoms with Crippen LogP contribution in [0.2, 0.25) is 0 Å². The Bertz CT molecular complexity index is 913. The molecule has 0 unspecified atom stereocenters. The number of benzene rings is 1. The van der Waals surface area contributed by atoms with Gasteiger partial charge in [-0.15, -0.1) is 0 Å². The van der Waals surface area contributed by atoms with Crippen molar-refractivity contribution in [3.8, 4) is 0 Å². The minimum absolute atomic E-state index is 0.0619. The number of H-pyrrole nitrogens is 1. The van der Waals surface area contributed by atoms with Crippen LogP contribution >= 0.6 is 0 Å². The van der Waals surface area contributed by atoms with E-state index in [0.717, 1.165) is 0 Å². The molecule has 0 aliphatic rings. The Labute approximate surface area is 140 Å². The molecule has 2 heterocycles. The molecule has 0 aliphatic carbocycles. The van der Waals surface area contributed by atoms with Crippen molar-refractivity contribution in [3.63, 3.8) is 0 Å². The average molecular weight is 375 g/mol. The highest BCUT2D eigenvalue weighted by atomic mass is 19.4. The fraction of sp³-hybridized carbons (Fsp3) is 0.143. The summed E-state index contributed by atoms with van der Waals surface area (Å²) in [6.07, 6.45) is -7.59. The van der Waals surface area contributed by atoms with E-state index in [9.17, 15) is 31.1 Å². The molecule has 6 nitrogen and oxygen atoms in total. The van der Waals surface area contributed by atoms with Crippen molar-refractivity contribution in [1.82, 2.24) is 19.9 Å². The third kappa shape index (κ3) is 3.58. The molecule has 136 valence electrons. The zero-order valence-corrected chi connectivity index (χ0v) is 12.4. The third-order valence-electron chi connectivity index (χ3n) is 3.24. The minimum atomic E-state index is -5.05. The molecule has 0 saturated carbocycles. The Morgan fingerprint density at radius 1 is 1.00 bits per heavy atom. The number of rotatable bonds is 2. The molecule has 0 bridgehead atoms. The van der Waals surface area contributed by atoms with Crippen LogP contribution < -0.4 is 5.32 Å². The molecule has 2 aromatic heterocycles. The van der Waals surface area contributed by atoms with Crippen LogP contribution in [0.1, 0.15) is 21.5 Å². The smallest absolute Gasteiger partial charge is 0.321 e. The highest BCUT2D eigenvalue weighted by Gasteiger charge is 2.37. The lowest BCUT2D eigenvalue weighted by Gasteiger charge is -2.13. The summed E-state index contributed by atoms with van der Waals surface area (Å²) in [4.78, 5) is 26.0. The Hall–Kier alpha value is -3.18. The van der Waals surface area contributed by atoms with E-state index in [0.29, 0.717) is 17.6 Å². The van der Waals surface area contributed by atoms with Gasteiger partial charge in [0.2, 0.25) is 5.95 Å². The van der Waals surface area contributed by atoms with Gasteiger partial charge in [0.05, 0.1) is 17.3 Å². The summed E-state index contributed by atoms with van der Waals surface area (Å²) in [5, 5.41) is 2.10. The summed E-state index contributed by atoms with van der Waals surface area (Å²) < 4.78 is 77.0. The van der Waals surface area contributed by atoms with E-state index in [-0.39, 0.29) is 17.7 Å². The van der Waals surface area contributed by atoms with Crippen molar-refractivity contribution >= 4 is 23.0 Å². The summed E-state index contributed by atoms with van der Waals surface area (Å²) in [6, 6.07) is 0.591. The molecule has 0 radical (unpaired) electrons. The van der Waals surface area contributed by atoms with Gasteiger partial charge in [-0.3, -0.25) is 10.1 Å². The lowest BCUT2D eigenvalue weighted by atomic mass is 10.0. The molecule has 0 saturated heterocycles. The molecule has 26 heavy (non-hydrogen) atoms. The minimum Gasteiger partial charge on any atom is -0.321 e. The predicted molar refractivity (Wildman–Crippen MR) is 76.1 cm³/mol. The molecule has 0 atom stereocenters. The van der Waals surface area contributed by atoms with Crippen molar-refractivity contribution < 1.29 is 31.1 Å². The monoisotopic (exact) mass is 375 g/mol. The molecule has 3 aromatic rings. The fourth-order valence-electron chi connectivity index (χ4n) is 2.09. The van der Waals surface area contributed by atoms with Gasteiger partial charge in [0, 0.05) is 5.56 Å². The first kappa shape index (κ1) is 17.6. The second-order valence-corrected chi connectivity index (χ2v) is 5.09. The largest absolute Gasteiger partial charge is 0.416 e. The Kier molecular flexibility index (Phi) is 4.05. The van der Waals surface area contributed by atoms with Gasteiger partial charge in [-0.1, -0.05) is 0 Å². The van der Waals surface area contributed by atoms with E-state index >= 15 is 0 Å². The van der Waals surface area contributed by atoms with Crippen LogP contribution in [-0.2, 0) is 12.4 Å². The van der Waals surface area contributed by atoms with E-state index in [1.807, 2.05) is 0 Å². The Morgan fingerprint density at radius 3 is 2.15 bits per heavy atom. The maximum absolute atomic E-state index is 12.8. The predicted octanol–water partition coefficient (Wildman–Crippen LogP) is 3.64. The molecule has 0 fully saturated rings. The number of anilines is 1. The number of nitrogens with zero attached hydrogens (tertiary/aromatic N) is 3. The summed E-state index contributed by atoms with van der Waals surface area (Å²) in [5.74, 6) is -1.40. The number of imidazole rings is 1. The number of hydrogen-bond donors (Lipinski definition) is 2. The first-order valence-electron chi connectivity index (χ1n) is 6.80. The Morgan fingerprint density at radius 2 is 1.62 bits per heavy atom. The third-order valence-corrected chi connectivity index (χ3v) is 3.24. The maximum Gasteiger partial charge on any atom is 0.416 e. The highest BCUT2D eigenvalue weighted by molar-refractivity contribution is 6.04. The van der Waals surface area contributed by atoms with Crippen molar-refractivity contribution in [1.29, 1.82) is 0 Å². The van der Waals surface area contributed by atoms with E-state index < -0.39 is 35.0 Å². The molecule has 0 spiro atoms. The number of hydrogen-bond acceptors (Lipinski definition) is 4. The second-order valence-electron chi connectivity index (χ2n) is 5.09. The van der Waals surface area contributed by atoms with Crippen LogP contribution in [0.15, 0.2) is 30.7 Å². The van der Waals surface area contributed by atoms with Crippen molar-refractivity contribution in [2.75, 3.05) is 5.32 Å². The van der Waals surface area contributed by atoms with Crippen molar-refractivity contribution in [3.05, 3.63) is 47.4 Å². The fourth-order valence-corrected chi connectivity index (χ4v) is 2.09. The van der Waals surface area contributed by atoms with Gasteiger partial charge < -0.3 is 4.98 Å². The highest BCUT2D eigenvalue weighted by Crippen LogP contribution is 2.36. The first-order valence-corrected chi connectivity index (χ1v) is 6.80. The second kappa shape index (κ2) is 5.97. The number of carbonyl (C=O) groups is 1. The molecule has 1 amide bonds. The zero-order valence-electron chi connectivity index (χ0n) is 12.4. The van der Waals surface area contributed by atoms with Gasteiger partial charge >= 0.3 is 12.4 Å². The summed E-state index contributed by atoms with van der Waals surface area (Å²) in [7, 11) is 0. The number of halogens is 6. The molecule has 0 aliphatic heterocycles. The summed E-state index contributed by atoms with van der Waals surface area (Å²) >= 11 is 0. The van der Waals surface area contributed by atoms with Gasteiger partial charge in [0.15, 0.2) is 5.65 Å². The molecule has 1 aromatic carbocycles. The molecule has 2 N–H and O–H groups in total. The lowest BCUT2D eigenvalue weighted by Crippen LogP contribution is -2.17. The van der Waals surface area contributed by atoms with E-state index in [1.54, 1.807) is 0 Å². The van der Waals surface area contributed by atoms with E-state index in [2.05, 4.69) is 25.3 Å². The summed E-state index contributed by atoms with van der Waals surface area (Å²) in [5.41, 5.74) is -3.52. The van der Waals surface area contributed by atoms with Gasteiger partial charge in [-0.05, 0) is 18.2 Å². The number of amides is 1. The van der Waals surface area contributed by atoms with Gasteiger partial charge in [-0.25, -0.2) is 9.97 Å². The van der Waals surface area contributed by atoms with Gasteiger partial charge in [0.1, 0.15) is 11.8 Å². The summed E-state index contributed by atoms with van der Waals surface area (Å²) in [6.45, 7) is 0. The quantitative estimate of drug-likeness (QED) is 0.670. The SMILES string of the molecule is O=C(Nc1nc2ncncc2[nH]1)c1cc(C(F)(F)F)cc(C(F)(F)F)c1. The number of nitrogens with one attached hydrogen (secondary N) is 2. The topological polar surface area (TPSA) is 83.6 Å². The number of aromatic amines is 1. The number of fused-ring (bicyclic) bond motifs is 1. The molecular weight excluding hydrogens is 368 g/mol. The van der Waals surface area contributed by atoms with Crippen LogP contribution in [0.4, 0.5) is 32.3 Å². The van der Waals surface area contributed by atoms with Crippen LogP contribution in [0, 0.1) is 0 Å². The van der Waals surface area contributed by atoms with Crippen LogP contribution in [-0.4, -0.2) is 25.8 Å². The lowest BCUT2D eigenvalue weighted by molar-refractivity contribution is -0.143. The maximum atomic E-state index is 12.8. The Balaban J connectivity index is 1.97. The van der Waals surface area contributed by atoms with Crippen LogP contribution in [0.3, 0.4) is 0 Å². The normalized spacial score (nSPS) is 12.4. The zero-order chi connectivity index (χ0) is 19.1. The molecular formula is C14H7F6N5O. The van der Waals surface area contributed by atoms with E-state index in [4.69, 9.17) is 0 Å². The average Bonchev–Trinajstić information content (AvgIpc) is 2.95. The van der Waals surface area contributed by atoms with Crippen LogP contribution in [0.5, 0.6) is 0 Å². The first-order chi connectivity index (χ1) is 12.0. The molecule has 12 heteroatoms. The molecule has 3 rings (SSSR count). The van der Waals surface area contributed by atoms with Crippen molar-refractivity contribution in [2.45, 2.75) is 12.4 Å². The standard InChI is InChI=1S/C14H7F6N5O/c15-13(16,17)7-1-6(2-8(3-7)14(18,19)20)11(26)25-12-23-9-4-21-5-22-10(9)24-12/h1-5H,(H2,21,22,23,24,25,26). The van der Waals surface area contributed by atoms with Crippen LogP contribution in [0.25, 0.3) is 11.2 Å². The number of carbonyl (C=O) groups excluding carboxylic acids is 1. The number of aromatic nitrogens is 4. The van der Waals surface area contributed by atoms with Gasteiger partial charge in [0.25, 0.3) is 5.91 Å². The van der Waals surface area contributed by atoms with Gasteiger partial charge in [-0.2, -0.15) is 31.3 Å². The van der Waals surface area contributed by atoms with Crippen molar-refractivity contribution in [2.24, 2.45) is 0 Å².